The summed E-state index contributed by atoms with van der Waals surface area (Å²) < 4.78 is 9.53. The number of nitrogens with two attached hydrogens (primary N) is 1. The minimum atomic E-state index is -0.316. The number of anilines is 1. The van der Waals surface area contributed by atoms with Gasteiger partial charge in [-0.2, -0.15) is 0 Å². The first-order valence-corrected chi connectivity index (χ1v) is 5.15. The molecule has 0 atom stereocenters. The van der Waals surface area contributed by atoms with Crippen LogP contribution in [0.25, 0.3) is 0 Å². The Bertz CT molecular complexity index is 357. The lowest BCUT2D eigenvalue weighted by Crippen LogP contribution is -2.04. The normalized spacial score (nSPS) is 9.73. The molecular weight excluding hydrogens is 216 g/mol. The van der Waals surface area contributed by atoms with Crippen LogP contribution in [0, 0.1) is 0 Å². The SMILES string of the molecule is COC(=O)CSc1nccc(OC)c1N. The van der Waals surface area contributed by atoms with E-state index in [1.807, 2.05) is 0 Å². The number of nitrogens with zero attached hydrogens (tertiary/aromatic N) is 1. The van der Waals surface area contributed by atoms with E-state index >= 15 is 0 Å². The van der Waals surface area contributed by atoms with E-state index < -0.39 is 0 Å². The number of ether oxygens (including phenoxy) is 2. The molecule has 0 aliphatic carbocycles. The average Bonchev–Trinajstić information content (AvgIpc) is 2.27. The van der Waals surface area contributed by atoms with Crippen molar-refractivity contribution in [2.24, 2.45) is 0 Å². The van der Waals surface area contributed by atoms with E-state index in [0.717, 1.165) is 0 Å². The number of pyridine rings is 1. The first-order valence-electron chi connectivity index (χ1n) is 4.17. The van der Waals surface area contributed by atoms with E-state index in [1.54, 1.807) is 12.3 Å². The molecule has 1 aromatic rings. The highest BCUT2D eigenvalue weighted by Gasteiger charge is 2.09. The number of carbonyl (C=O) groups excluding carboxylic acids is 1. The Labute approximate surface area is 92.0 Å². The maximum atomic E-state index is 10.9. The Kier molecular flexibility index (Phi) is 4.23. The number of methoxy groups -OCH3 is 2. The van der Waals surface area contributed by atoms with Gasteiger partial charge in [-0.15, -0.1) is 0 Å². The molecule has 0 spiro atoms. The number of thioether (sulfide) groups is 1. The molecule has 0 fully saturated rings. The van der Waals surface area contributed by atoms with Crippen LogP contribution in [0.15, 0.2) is 17.3 Å². The van der Waals surface area contributed by atoms with Crippen LogP contribution in [-0.4, -0.2) is 30.9 Å². The van der Waals surface area contributed by atoms with Gasteiger partial charge in [0.1, 0.15) is 16.5 Å². The average molecular weight is 228 g/mol. The summed E-state index contributed by atoms with van der Waals surface area (Å²) in [4.78, 5) is 15.0. The minimum Gasteiger partial charge on any atom is -0.494 e. The standard InChI is InChI=1S/C9H12N2O3S/c1-13-6-3-4-11-9(8(6)10)15-5-7(12)14-2/h3-4H,5,10H2,1-2H3. The zero-order chi connectivity index (χ0) is 11.3. The summed E-state index contributed by atoms with van der Waals surface area (Å²) in [5.41, 5.74) is 6.20. The van der Waals surface area contributed by atoms with E-state index in [1.165, 1.54) is 26.0 Å². The van der Waals surface area contributed by atoms with Gasteiger partial charge < -0.3 is 15.2 Å². The third kappa shape index (κ3) is 3.02. The van der Waals surface area contributed by atoms with E-state index in [-0.39, 0.29) is 11.7 Å². The fraction of sp³-hybridized carbons (Fsp3) is 0.333. The van der Waals surface area contributed by atoms with Crippen molar-refractivity contribution in [2.45, 2.75) is 5.03 Å². The summed E-state index contributed by atoms with van der Waals surface area (Å²) in [6.45, 7) is 0. The second-order valence-electron chi connectivity index (χ2n) is 2.60. The molecule has 0 aromatic carbocycles. The third-order valence-corrected chi connectivity index (χ3v) is 2.67. The molecule has 6 heteroatoms. The van der Waals surface area contributed by atoms with Gasteiger partial charge in [0, 0.05) is 12.3 Å². The predicted molar refractivity (Wildman–Crippen MR) is 57.9 cm³/mol. The van der Waals surface area contributed by atoms with Crippen LogP contribution in [0.1, 0.15) is 0 Å². The monoisotopic (exact) mass is 228 g/mol. The van der Waals surface area contributed by atoms with Gasteiger partial charge in [-0.05, 0) is 0 Å². The molecule has 0 bridgehead atoms. The van der Waals surface area contributed by atoms with Gasteiger partial charge in [0.05, 0.1) is 20.0 Å². The third-order valence-electron chi connectivity index (χ3n) is 1.69. The lowest BCUT2D eigenvalue weighted by atomic mass is 10.4. The smallest absolute Gasteiger partial charge is 0.316 e. The van der Waals surface area contributed by atoms with E-state index in [0.29, 0.717) is 16.5 Å². The minimum absolute atomic E-state index is 0.181. The van der Waals surface area contributed by atoms with Gasteiger partial charge in [0.2, 0.25) is 0 Å². The fourth-order valence-corrected chi connectivity index (χ4v) is 1.68. The van der Waals surface area contributed by atoms with E-state index in [4.69, 9.17) is 10.5 Å². The van der Waals surface area contributed by atoms with Crippen LogP contribution in [0.3, 0.4) is 0 Å². The quantitative estimate of drug-likeness (QED) is 0.610. The molecule has 1 rings (SSSR count). The molecule has 0 radical (unpaired) electrons. The fourth-order valence-electron chi connectivity index (χ4n) is 0.917. The number of aromatic nitrogens is 1. The van der Waals surface area contributed by atoms with Crippen molar-refractivity contribution in [3.8, 4) is 5.75 Å². The van der Waals surface area contributed by atoms with Gasteiger partial charge >= 0.3 is 5.97 Å². The van der Waals surface area contributed by atoms with Crippen molar-refractivity contribution >= 4 is 23.4 Å². The summed E-state index contributed by atoms with van der Waals surface area (Å²) in [6.07, 6.45) is 1.58. The van der Waals surface area contributed by atoms with Gasteiger partial charge in [0.15, 0.2) is 0 Å². The number of esters is 1. The van der Waals surface area contributed by atoms with Crippen LogP contribution in [0.4, 0.5) is 5.69 Å². The summed E-state index contributed by atoms with van der Waals surface area (Å²) in [5, 5.41) is 0.569. The summed E-state index contributed by atoms with van der Waals surface area (Å²) in [5.74, 6) is 0.419. The first-order chi connectivity index (χ1) is 7.19. The lowest BCUT2D eigenvalue weighted by molar-refractivity contribution is -0.137. The predicted octanol–water partition coefficient (Wildman–Crippen LogP) is 0.937. The maximum Gasteiger partial charge on any atom is 0.316 e. The van der Waals surface area contributed by atoms with Gasteiger partial charge in [-0.3, -0.25) is 4.79 Å². The topological polar surface area (TPSA) is 74.4 Å². The van der Waals surface area contributed by atoms with Crippen molar-refractivity contribution < 1.29 is 14.3 Å². The maximum absolute atomic E-state index is 10.9. The molecule has 2 N–H and O–H groups in total. The van der Waals surface area contributed by atoms with E-state index in [9.17, 15) is 4.79 Å². The lowest BCUT2D eigenvalue weighted by Gasteiger charge is -2.07. The summed E-state index contributed by atoms with van der Waals surface area (Å²) in [6, 6.07) is 1.66. The molecular formula is C9H12N2O3S. The van der Waals surface area contributed by atoms with Gasteiger partial charge in [0.25, 0.3) is 0 Å². The summed E-state index contributed by atoms with van der Waals surface area (Å²) >= 11 is 1.22. The number of carbonyl (C=O) groups is 1. The van der Waals surface area contributed by atoms with Crippen LogP contribution in [0.2, 0.25) is 0 Å². The molecule has 0 unspecified atom stereocenters. The molecule has 1 heterocycles. The molecule has 0 amide bonds. The number of hydrogen-bond donors (Lipinski definition) is 1. The van der Waals surface area contributed by atoms with Crippen molar-refractivity contribution in [1.82, 2.24) is 4.98 Å². The second kappa shape index (κ2) is 5.45. The molecule has 0 saturated carbocycles. The molecule has 0 aliphatic heterocycles. The van der Waals surface area contributed by atoms with Crippen LogP contribution in [0.5, 0.6) is 5.75 Å². The van der Waals surface area contributed by atoms with Crippen LogP contribution < -0.4 is 10.5 Å². The van der Waals surface area contributed by atoms with Crippen molar-refractivity contribution in [3.05, 3.63) is 12.3 Å². The second-order valence-corrected chi connectivity index (χ2v) is 3.56. The summed E-state index contributed by atoms with van der Waals surface area (Å²) in [7, 11) is 2.87. The first kappa shape index (κ1) is 11.6. The Morgan fingerprint density at radius 2 is 2.33 bits per heavy atom. The highest BCUT2D eigenvalue weighted by molar-refractivity contribution is 8.00. The molecule has 15 heavy (non-hydrogen) atoms. The highest BCUT2D eigenvalue weighted by Crippen LogP contribution is 2.30. The highest BCUT2D eigenvalue weighted by atomic mass is 32.2. The zero-order valence-electron chi connectivity index (χ0n) is 8.52. The number of nitrogen functional groups attached to an aromatic ring is 1. The van der Waals surface area contributed by atoms with Gasteiger partial charge in [-0.1, -0.05) is 11.8 Å². The Morgan fingerprint density at radius 3 is 2.93 bits per heavy atom. The van der Waals surface area contributed by atoms with E-state index in [2.05, 4.69) is 9.72 Å². The van der Waals surface area contributed by atoms with Gasteiger partial charge in [-0.25, -0.2) is 4.98 Å². The van der Waals surface area contributed by atoms with Crippen molar-refractivity contribution in [3.63, 3.8) is 0 Å². The number of rotatable bonds is 4. The molecule has 1 aromatic heterocycles. The number of hydrogen-bond acceptors (Lipinski definition) is 6. The largest absolute Gasteiger partial charge is 0.494 e. The Balaban J connectivity index is 2.73. The van der Waals surface area contributed by atoms with Crippen LogP contribution >= 0.6 is 11.8 Å². The molecule has 0 saturated heterocycles. The molecule has 5 nitrogen and oxygen atoms in total. The Hall–Kier alpha value is -1.43. The van der Waals surface area contributed by atoms with Crippen LogP contribution in [-0.2, 0) is 9.53 Å². The molecule has 82 valence electrons. The molecule has 0 aliphatic rings. The van der Waals surface area contributed by atoms with Crippen molar-refractivity contribution in [1.29, 1.82) is 0 Å². The Morgan fingerprint density at radius 1 is 1.60 bits per heavy atom. The van der Waals surface area contributed by atoms with Crippen molar-refractivity contribution in [2.75, 3.05) is 25.7 Å². The zero-order valence-corrected chi connectivity index (χ0v) is 9.34.